The third kappa shape index (κ3) is 9.14. The standard InChI is InChI=1S/2C11H11O.C2H6Si.2ClH.Zr/c2*1-8-6-10(7-9(8)2)11-4-3-5-12-11;1-3-2;;;/h2*3-6,9H,1-2H3;1-2H3;2*1H;/q2*-1;;;;+2/p-2. The van der Waals surface area contributed by atoms with Gasteiger partial charge in [-0.25, -0.2) is 0 Å². The van der Waals surface area contributed by atoms with Gasteiger partial charge < -0.3 is 33.6 Å². The third-order valence-corrected chi connectivity index (χ3v) is 4.43. The Balaban J connectivity index is 0.000000452. The first-order valence-corrected chi connectivity index (χ1v) is 15.7. The molecular weight excluding hydrogens is 510 g/mol. The Kier molecular flexibility index (Phi) is 13.9. The zero-order valence-corrected chi connectivity index (χ0v) is 23.3. The van der Waals surface area contributed by atoms with Gasteiger partial charge >= 0.3 is 41.9 Å². The van der Waals surface area contributed by atoms with Gasteiger partial charge in [0, 0.05) is 11.5 Å². The molecule has 30 heavy (non-hydrogen) atoms. The molecule has 2 aromatic heterocycles. The fourth-order valence-electron chi connectivity index (χ4n) is 2.63. The maximum atomic E-state index is 5.27. The summed E-state index contributed by atoms with van der Waals surface area (Å²) in [7, 11) is 0. The first kappa shape index (κ1) is 29.2. The normalized spacial score (nSPS) is 18.8. The van der Waals surface area contributed by atoms with E-state index in [2.05, 4.69) is 65.1 Å². The van der Waals surface area contributed by atoms with Gasteiger partial charge in [-0.2, -0.15) is 35.5 Å². The summed E-state index contributed by atoms with van der Waals surface area (Å²) < 4.78 is 10.5. The molecule has 0 aliphatic heterocycles. The molecule has 2 unspecified atom stereocenters. The zero-order chi connectivity index (χ0) is 20.7. The van der Waals surface area contributed by atoms with Gasteiger partial charge in [0.1, 0.15) is 0 Å². The van der Waals surface area contributed by atoms with Crippen LogP contribution in [0.2, 0.25) is 13.1 Å². The van der Waals surface area contributed by atoms with Crippen LogP contribution < -0.4 is 24.8 Å². The second-order valence-corrected chi connectivity index (χ2v) is 16.7. The van der Waals surface area contributed by atoms with Crippen LogP contribution in [0.25, 0.3) is 11.1 Å². The van der Waals surface area contributed by atoms with E-state index < -0.39 is 0 Å². The minimum atomic E-state index is 0. The molecule has 0 saturated heterocycles. The largest absolute Gasteiger partial charge is 1.00 e. The fraction of sp³-hybridized carbons (Fsp3) is 0.333. The Bertz CT molecular complexity index is 833. The topological polar surface area (TPSA) is 26.3 Å². The quantitative estimate of drug-likeness (QED) is 0.420. The van der Waals surface area contributed by atoms with Crippen LogP contribution in [-0.2, 0) is 23.3 Å². The Morgan fingerprint density at radius 2 is 1.13 bits per heavy atom. The van der Waals surface area contributed by atoms with Gasteiger partial charge in [0.2, 0.25) is 0 Å². The van der Waals surface area contributed by atoms with Gasteiger partial charge in [-0.3, -0.25) is 0 Å². The van der Waals surface area contributed by atoms with Gasteiger partial charge in [-0.15, -0.1) is 11.1 Å². The summed E-state index contributed by atoms with van der Waals surface area (Å²) in [5.74, 6) is 2.70. The average Bonchev–Trinajstić information content (AvgIpc) is 3.39. The van der Waals surface area contributed by atoms with Crippen molar-refractivity contribution in [3.8, 4) is 0 Å². The van der Waals surface area contributed by atoms with Crippen molar-refractivity contribution in [1.29, 1.82) is 0 Å². The number of halogens is 2. The van der Waals surface area contributed by atoms with Gasteiger partial charge in [0.25, 0.3) is 0 Å². The second-order valence-electron chi connectivity index (χ2n) is 7.29. The maximum Gasteiger partial charge on any atom is -1.00 e. The summed E-state index contributed by atoms with van der Waals surface area (Å²) in [6.45, 7) is 13.1. The SMILES string of the molecule is CC1=CC(c2ccco2)=[C-]C1C.CC1=CC(c2ccco2)=[C-]C1C.C[Si](C)=[Zr+2].[Cl-].[Cl-]. The van der Waals surface area contributed by atoms with E-state index in [1.165, 1.54) is 11.1 Å². The molecule has 4 rings (SSSR count). The van der Waals surface area contributed by atoms with Gasteiger partial charge in [-0.05, 0) is 12.1 Å². The second kappa shape index (κ2) is 14.3. The van der Waals surface area contributed by atoms with Crippen LogP contribution in [0.3, 0.4) is 0 Å². The molecule has 0 saturated carbocycles. The Morgan fingerprint density at radius 1 is 0.800 bits per heavy atom. The fourth-order valence-corrected chi connectivity index (χ4v) is 2.63. The molecule has 0 spiro atoms. The predicted octanol–water partition coefficient (Wildman–Crippen LogP) is 0.917. The molecule has 160 valence electrons. The molecule has 0 fully saturated rings. The van der Waals surface area contributed by atoms with E-state index in [-0.39, 0.29) is 30.2 Å². The van der Waals surface area contributed by atoms with E-state index in [1.54, 1.807) is 35.9 Å². The predicted molar refractivity (Wildman–Crippen MR) is 114 cm³/mol. The van der Waals surface area contributed by atoms with E-state index in [0.29, 0.717) is 11.8 Å². The Morgan fingerprint density at radius 3 is 1.33 bits per heavy atom. The Labute approximate surface area is 208 Å². The van der Waals surface area contributed by atoms with Crippen molar-refractivity contribution >= 4 is 16.6 Å². The zero-order valence-electron chi connectivity index (χ0n) is 18.3. The maximum absolute atomic E-state index is 5.27. The molecule has 6 heteroatoms. The van der Waals surface area contributed by atoms with E-state index >= 15 is 0 Å². The number of hydrogen-bond donors (Lipinski definition) is 0. The van der Waals surface area contributed by atoms with Crippen molar-refractivity contribution in [2.75, 3.05) is 0 Å². The van der Waals surface area contributed by atoms with Crippen LogP contribution in [0.5, 0.6) is 0 Å². The molecule has 2 aromatic rings. The van der Waals surface area contributed by atoms with Crippen molar-refractivity contribution in [3.63, 3.8) is 0 Å². The van der Waals surface area contributed by atoms with Crippen LogP contribution in [0, 0.1) is 24.0 Å². The average molecular weight is 539 g/mol. The monoisotopic (exact) mass is 536 g/mol. The minimum absolute atomic E-state index is 0. The molecule has 2 nitrogen and oxygen atoms in total. The molecule has 2 atom stereocenters. The first-order chi connectivity index (χ1) is 13.3. The summed E-state index contributed by atoms with van der Waals surface area (Å²) >= 11 is 1.74. The van der Waals surface area contributed by atoms with E-state index in [0.717, 1.165) is 22.7 Å². The minimum Gasteiger partial charge on any atom is -1.00 e. The summed E-state index contributed by atoms with van der Waals surface area (Å²) in [6, 6.07) is 7.72. The van der Waals surface area contributed by atoms with Crippen LogP contribution in [0.4, 0.5) is 0 Å². The smallest absolute Gasteiger partial charge is 1.00 e. The number of rotatable bonds is 2. The number of hydrogen-bond acceptors (Lipinski definition) is 2. The number of furan rings is 2. The summed E-state index contributed by atoms with van der Waals surface area (Å²) in [5.41, 5.74) is 5.08. The third-order valence-electron chi connectivity index (χ3n) is 4.43. The van der Waals surface area contributed by atoms with Crippen molar-refractivity contribution in [2.45, 2.75) is 40.8 Å². The Hall–Kier alpha value is -0.800. The molecule has 2 aliphatic carbocycles. The van der Waals surface area contributed by atoms with Crippen LogP contribution in [0.15, 0.2) is 68.9 Å². The van der Waals surface area contributed by atoms with E-state index in [4.69, 9.17) is 8.83 Å². The van der Waals surface area contributed by atoms with Crippen molar-refractivity contribution in [2.24, 2.45) is 11.8 Å². The molecule has 0 aromatic carbocycles. The molecule has 2 aliphatic rings. The molecule has 0 bridgehead atoms. The molecule has 0 radical (unpaired) electrons. The summed E-state index contributed by atoms with van der Waals surface area (Å²) in [4.78, 5) is 0. The van der Waals surface area contributed by atoms with Gasteiger partial charge in [0.05, 0.1) is 12.5 Å². The van der Waals surface area contributed by atoms with Crippen molar-refractivity contribution in [1.82, 2.24) is 0 Å². The van der Waals surface area contributed by atoms with Gasteiger partial charge in [-0.1, -0.05) is 51.7 Å². The van der Waals surface area contributed by atoms with E-state index in [9.17, 15) is 0 Å². The van der Waals surface area contributed by atoms with E-state index in [1.807, 2.05) is 24.3 Å². The molecule has 2 heterocycles. The van der Waals surface area contributed by atoms with Crippen molar-refractivity contribution < 1.29 is 57.0 Å². The van der Waals surface area contributed by atoms with Gasteiger partial charge in [0.15, 0.2) is 0 Å². The molecular formula is C24H28Cl2O2SiZr-2. The summed E-state index contributed by atoms with van der Waals surface area (Å²) in [6.07, 6.45) is 14.3. The molecule has 0 N–H and O–H groups in total. The van der Waals surface area contributed by atoms with Crippen LogP contribution >= 0.6 is 0 Å². The van der Waals surface area contributed by atoms with Crippen LogP contribution in [-0.4, -0.2) is 5.43 Å². The van der Waals surface area contributed by atoms with Crippen molar-refractivity contribution in [3.05, 3.63) is 83.8 Å². The number of allylic oxidation sites excluding steroid dienone is 8. The molecule has 0 amide bonds. The van der Waals surface area contributed by atoms with Crippen LogP contribution in [0.1, 0.15) is 39.2 Å². The summed E-state index contributed by atoms with van der Waals surface area (Å²) in [5, 5.41) is 0. The first-order valence-electron chi connectivity index (χ1n) is 9.50.